The molecule has 1 nitrogen and oxygen atoms in total. The van der Waals surface area contributed by atoms with E-state index in [4.69, 9.17) is 0 Å². The van der Waals surface area contributed by atoms with E-state index in [0.29, 0.717) is 5.92 Å². The van der Waals surface area contributed by atoms with Gasteiger partial charge >= 0.3 is 0 Å². The van der Waals surface area contributed by atoms with Crippen LogP contribution in [0.2, 0.25) is 0 Å². The third kappa shape index (κ3) is 18.7. The van der Waals surface area contributed by atoms with Crippen LogP contribution < -0.4 is 5.32 Å². The first kappa shape index (κ1) is 39.6. The summed E-state index contributed by atoms with van der Waals surface area (Å²) in [6.07, 6.45) is 8.44. The van der Waals surface area contributed by atoms with Crippen molar-refractivity contribution in [1.82, 2.24) is 5.32 Å². The lowest BCUT2D eigenvalue weighted by Gasteiger charge is -2.09. The van der Waals surface area contributed by atoms with Crippen LogP contribution in [0.5, 0.6) is 0 Å². The maximum absolute atomic E-state index is 4.13. The number of allylic oxidation sites excluding steroid dienone is 7. The van der Waals surface area contributed by atoms with Crippen molar-refractivity contribution >= 4 is 21.5 Å². The highest BCUT2D eigenvalue weighted by molar-refractivity contribution is 9.11. The molecular weight excluding hydrogens is 550 g/mol. The number of hydrogen-bond donors (Lipinski definition) is 1. The minimum Gasteiger partial charge on any atom is -0.389 e. The molecule has 2 aromatic carbocycles. The van der Waals surface area contributed by atoms with Crippen LogP contribution in [0.1, 0.15) is 97.4 Å². The molecule has 0 aliphatic heterocycles. The highest BCUT2D eigenvalue weighted by atomic mass is 79.9. The highest BCUT2D eigenvalue weighted by Crippen LogP contribution is 2.21. The monoisotopic (exact) mass is 607 g/mol. The summed E-state index contributed by atoms with van der Waals surface area (Å²) in [7, 11) is 0. The van der Waals surface area contributed by atoms with Crippen molar-refractivity contribution in [3.63, 3.8) is 0 Å². The lowest BCUT2D eigenvalue weighted by molar-refractivity contribution is 0.752. The van der Waals surface area contributed by atoms with E-state index < -0.39 is 0 Å². The molecule has 0 bridgehead atoms. The predicted octanol–water partition coefficient (Wildman–Crippen LogP) is 12.2. The van der Waals surface area contributed by atoms with E-state index in [9.17, 15) is 0 Å². The summed E-state index contributed by atoms with van der Waals surface area (Å²) in [4.78, 5) is 0. The zero-order chi connectivity index (χ0) is 31.1. The van der Waals surface area contributed by atoms with E-state index in [-0.39, 0.29) is 0 Å². The zero-order valence-corrected chi connectivity index (χ0v) is 29.0. The van der Waals surface area contributed by atoms with E-state index in [1.807, 2.05) is 27.7 Å². The Labute approximate surface area is 257 Å². The Bertz CT molecular complexity index is 1060. The lowest BCUT2D eigenvalue weighted by atomic mass is 9.97. The molecule has 0 saturated heterocycles. The number of halogens is 1. The Balaban J connectivity index is 0. The van der Waals surface area contributed by atoms with Crippen LogP contribution in [0, 0.1) is 12.8 Å². The third-order valence-electron chi connectivity index (χ3n) is 6.03. The first-order valence-corrected chi connectivity index (χ1v) is 15.6. The van der Waals surface area contributed by atoms with Crippen molar-refractivity contribution in [1.29, 1.82) is 0 Å². The first-order chi connectivity index (χ1) is 19.0. The van der Waals surface area contributed by atoms with Crippen LogP contribution in [-0.4, -0.2) is 6.54 Å². The molecule has 0 amide bonds. The van der Waals surface area contributed by atoms with Crippen LogP contribution in [0.3, 0.4) is 0 Å². The second-order valence-electron chi connectivity index (χ2n) is 10.2. The molecule has 0 atom stereocenters. The van der Waals surface area contributed by atoms with Crippen molar-refractivity contribution in [2.24, 2.45) is 5.92 Å². The molecule has 2 rings (SSSR count). The van der Waals surface area contributed by atoms with Crippen molar-refractivity contribution in [2.45, 2.75) is 94.9 Å². The van der Waals surface area contributed by atoms with Gasteiger partial charge in [-0.2, -0.15) is 0 Å². The topological polar surface area (TPSA) is 12.0 Å². The van der Waals surface area contributed by atoms with Gasteiger partial charge < -0.3 is 5.32 Å². The van der Waals surface area contributed by atoms with Crippen LogP contribution in [0.4, 0.5) is 0 Å². The normalized spacial score (nSPS) is 10.1. The van der Waals surface area contributed by atoms with Gasteiger partial charge in [0.05, 0.1) is 0 Å². The highest BCUT2D eigenvalue weighted by Gasteiger charge is 2.02. The fourth-order valence-corrected chi connectivity index (χ4v) is 3.45. The quantitative estimate of drug-likeness (QED) is 0.250. The van der Waals surface area contributed by atoms with Gasteiger partial charge in [-0.25, -0.2) is 0 Å². The van der Waals surface area contributed by atoms with Crippen molar-refractivity contribution in [2.75, 3.05) is 6.54 Å². The van der Waals surface area contributed by atoms with E-state index in [2.05, 4.69) is 137 Å². The maximum atomic E-state index is 4.13. The minimum absolute atomic E-state index is 0.589. The molecule has 2 aromatic rings. The Morgan fingerprint density at radius 3 is 2.00 bits per heavy atom. The molecule has 0 saturated carbocycles. The summed E-state index contributed by atoms with van der Waals surface area (Å²) in [5, 5.41) is 3.34. The predicted molar refractivity (Wildman–Crippen MR) is 189 cm³/mol. The molecule has 0 aliphatic carbocycles. The summed E-state index contributed by atoms with van der Waals surface area (Å²) < 4.78 is 1.09. The van der Waals surface area contributed by atoms with Crippen LogP contribution in [0.25, 0.3) is 5.57 Å². The number of nitrogens with one attached hydrogen (secondary N) is 1. The molecule has 0 radical (unpaired) electrons. The molecule has 0 aliphatic rings. The second kappa shape index (κ2) is 24.2. The molecule has 2 heteroatoms. The van der Waals surface area contributed by atoms with Gasteiger partial charge in [-0.1, -0.05) is 155 Å². The van der Waals surface area contributed by atoms with Crippen molar-refractivity contribution in [3.05, 3.63) is 124 Å². The Morgan fingerprint density at radius 1 is 0.925 bits per heavy atom. The fourth-order valence-electron chi connectivity index (χ4n) is 3.45. The zero-order valence-electron chi connectivity index (χ0n) is 27.4. The van der Waals surface area contributed by atoms with Crippen LogP contribution >= 0.6 is 15.9 Å². The van der Waals surface area contributed by atoms with Crippen LogP contribution in [0.15, 0.2) is 102 Å². The van der Waals surface area contributed by atoms with E-state index in [1.54, 1.807) is 6.08 Å². The summed E-state index contributed by atoms with van der Waals surface area (Å²) in [5.74, 6) is 0.589. The molecule has 0 aromatic heterocycles. The van der Waals surface area contributed by atoms with E-state index in [0.717, 1.165) is 35.1 Å². The Morgan fingerprint density at radius 2 is 1.52 bits per heavy atom. The van der Waals surface area contributed by atoms with Gasteiger partial charge in [-0.15, -0.1) is 0 Å². The van der Waals surface area contributed by atoms with Gasteiger partial charge in [0.1, 0.15) is 0 Å². The van der Waals surface area contributed by atoms with E-state index >= 15 is 0 Å². The summed E-state index contributed by atoms with van der Waals surface area (Å²) in [6.45, 7) is 33.9. The summed E-state index contributed by atoms with van der Waals surface area (Å²) in [5.41, 5.74) is 10.2. The van der Waals surface area contributed by atoms with E-state index in [1.165, 1.54) is 46.2 Å². The third-order valence-corrected chi connectivity index (χ3v) is 7.15. The molecule has 0 fully saturated rings. The van der Waals surface area contributed by atoms with Gasteiger partial charge in [-0.05, 0) is 74.3 Å². The Hall–Kier alpha value is -2.58. The number of hydrogen-bond acceptors (Lipinski definition) is 1. The summed E-state index contributed by atoms with van der Waals surface area (Å²) in [6, 6.07) is 17.2. The summed E-state index contributed by atoms with van der Waals surface area (Å²) >= 11 is 3.30. The van der Waals surface area contributed by atoms with Gasteiger partial charge in [0, 0.05) is 23.1 Å². The first-order valence-electron chi connectivity index (χ1n) is 14.8. The van der Waals surface area contributed by atoms with Crippen LogP contribution in [-0.2, 0) is 12.8 Å². The SMILES string of the molecule is C=C(/C=C(/C)C(C)C)c1ccccc1C.C=C(Cc1cccc(CCC)c1)NCCC.C=CC(Br)=C(C)C.CC. The number of rotatable bonds is 11. The average molecular weight is 609 g/mol. The largest absolute Gasteiger partial charge is 0.389 e. The standard InChI is InChI=1S/C15H23N.C15H20.C6H9Br.C2H6/c1-4-7-14-8-6-9-15(12-14)11-13(3)16-10-5-2;1-11(2)13(4)10-14(5)15-9-7-6-8-12(15)3;1-4-6(7)5(2)3;1-2/h6,8-9,12,16H,3-5,7,10-11H2,1-2H3;6-11H,5H2,1-4H3;4H,1H2,2-3H3;1-2H3/b;13-10-;;. The number of aryl methyl sites for hydroxylation is 2. The van der Waals surface area contributed by atoms with Gasteiger partial charge in [-0.3, -0.25) is 0 Å². The second-order valence-corrected chi connectivity index (χ2v) is 11.1. The fraction of sp³-hybridized carbons (Fsp3) is 0.421. The number of benzene rings is 2. The minimum atomic E-state index is 0.589. The smallest absolute Gasteiger partial charge is 0.0155 e. The molecule has 222 valence electrons. The molecule has 1 N–H and O–H groups in total. The molecule has 0 unspecified atom stereocenters. The van der Waals surface area contributed by atoms with Crippen molar-refractivity contribution in [3.8, 4) is 0 Å². The van der Waals surface area contributed by atoms with Gasteiger partial charge in [0.25, 0.3) is 0 Å². The maximum Gasteiger partial charge on any atom is 0.0155 e. The molecule has 0 spiro atoms. The van der Waals surface area contributed by atoms with Gasteiger partial charge in [0.15, 0.2) is 0 Å². The average Bonchev–Trinajstić information content (AvgIpc) is 2.93. The Kier molecular flexibility index (Phi) is 24.0. The molecule has 0 heterocycles. The van der Waals surface area contributed by atoms with Crippen molar-refractivity contribution < 1.29 is 0 Å². The molecular formula is C38H58BrN. The molecule has 40 heavy (non-hydrogen) atoms. The van der Waals surface area contributed by atoms with Gasteiger partial charge in [0.2, 0.25) is 0 Å². The lowest BCUT2D eigenvalue weighted by Crippen LogP contribution is -2.14.